The Balaban J connectivity index is 1.71. The summed E-state index contributed by atoms with van der Waals surface area (Å²) in [6.45, 7) is 0.620. The predicted octanol–water partition coefficient (Wildman–Crippen LogP) is 3.04. The Kier molecular flexibility index (Phi) is 4.89. The van der Waals surface area contributed by atoms with Gasteiger partial charge in [-0.3, -0.25) is 4.68 Å². The first-order chi connectivity index (χ1) is 9.28. The minimum Gasteiger partial charge on any atom is -0.369 e. The Labute approximate surface area is 111 Å². The van der Waals surface area contributed by atoms with Crippen LogP contribution < -0.4 is 5.32 Å². The summed E-state index contributed by atoms with van der Waals surface area (Å²) in [6.07, 6.45) is 3.45. The molecule has 1 aromatic heterocycles. The average molecular weight is 265 g/mol. The molecule has 2 rings (SSSR count). The van der Waals surface area contributed by atoms with E-state index in [1.54, 1.807) is 23.0 Å². The van der Waals surface area contributed by atoms with Gasteiger partial charge in [-0.15, -0.1) is 0 Å². The van der Waals surface area contributed by atoms with Crippen LogP contribution in [0.25, 0.3) is 0 Å². The van der Waals surface area contributed by atoms with Gasteiger partial charge < -0.3 is 5.32 Å². The summed E-state index contributed by atoms with van der Waals surface area (Å²) in [5.41, 5.74) is 0.991. The van der Waals surface area contributed by atoms with Crippen LogP contribution in [0.3, 0.4) is 0 Å². The molecule has 0 aliphatic heterocycles. The molecule has 0 aliphatic carbocycles. The van der Waals surface area contributed by atoms with Crippen molar-refractivity contribution in [3.05, 3.63) is 47.9 Å². The van der Waals surface area contributed by atoms with Crippen molar-refractivity contribution in [3.63, 3.8) is 0 Å². The molecule has 1 N–H and O–H groups in total. The number of halogens is 2. The summed E-state index contributed by atoms with van der Waals surface area (Å²) >= 11 is 0. The summed E-state index contributed by atoms with van der Waals surface area (Å²) in [4.78, 5) is 0. The second kappa shape index (κ2) is 6.87. The number of anilines is 1. The molecule has 3 nitrogen and oxygen atoms in total. The molecule has 102 valence electrons. The zero-order valence-corrected chi connectivity index (χ0v) is 10.6. The van der Waals surface area contributed by atoms with Crippen LogP contribution in [0.5, 0.6) is 0 Å². The molecular formula is C14H17F2N3. The second-order valence-corrected chi connectivity index (χ2v) is 4.31. The molecule has 5 heteroatoms. The predicted molar refractivity (Wildman–Crippen MR) is 71.4 cm³/mol. The molecule has 0 bridgehead atoms. The topological polar surface area (TPSA) is 29.9 Å². The third-order valence-electron chi connectivity index (χ3n) is 2.79. The summed E-state index contributed by atoms with van der Waals surface area (Å²) in [6, 6.07) is 8.45. The number of alkyl halides is 1. The Hall–Kier alpha value is -1.91. The molecule has 0 atom stereocenters. The van der Waals surface area contributed by atoms with Gasteiger partial charge in [0.1, 0.15) is 18.3 Å². The molecule has 2 aromatic rings. The molecule has 0 fully saturated rings. The first-order valence-electron chi connectivity index (χ1n) is 6.35. The Morgan fingerprint density at radius 3 is 2.95 bits per heavy atom. The van der Waals surface area contributed by atoms with Crippen LogP contribution in [-0.4, -0.2) is 23.0 Å². The van der Waals surface area contributed by atoms with Crippen molar-refractivity contribution in [2.45, 2.75) is 19.4 Å². The number of hydrogen-bond acceptors (Lipinski definition) is 2. The van der Waals surface area contributed by atoms with Crippen LogP contribution in [0.1, 0.15) is 12.0 Å². The van der Waals surface area contributed by atoms with E-state index >= 15 is 0 Å². The van der Waals surface area contributed by atoms with Gasteiger partial charge >= 0.3 is 0 Å². The largest absolute Gasteiger partial charge is 0.369 e. The fraction of sp³-hybridized carbons (Fsp3) is 0.357. The van der Waals surface area contributed by atoms with Gasteiger partial charge in [0.15, 0.2) is 0 Å². The zero-order valence-electron chi connectivity index (χ0n) is 10.6. The number of nitrogens with zero attached hydrogens (tertiary/aromatic N) is 2. The maximum Gasteiger partial charge on any atom is 0.147 e. The van der Waals surface area contributed by atoms with Crippen molar-refractivity contribution in [3.8, 4) is 0 Å². The van der Waals surface area contributed by atoms with Gasteiger partial charge in [0, 0.05) is 18.8 Å². The van der Waals surface area contributed by atoms with Crippen LogP contribution >= 0.6 is 0 Å². The van der Waals surface area contributed by atoms with Crippen molar-refractivity contribution in [2.24, 2.45) is 0 Å². The molecule has 0 unspecified atom stereocenters. The number of aryl methyl sites for hydroxylation is 2. The van der Waals surface area contributed by atoms with E-state index in [1.165, 1.54) is 6.07 Å². The fourth-order valence-corrected chi connectivity index (χ4v) is 1.87. The van der Waals surface area contributed by atoms with E-state index in [1.807, 2.05) is 12.1 Å². The van der Waals surface area contributed by atoms with Gasteiger partial charge in [-0.2, -0.15) is 5.10 Å². The monoisotopic (exact) mass is 265 g/mol. The molecule has 0 aliphatic rings. The number of nitrogens with one attached hydrogen (secondary N) is 1. The average Bonchev–Trinajstić information content (AvgIpc) is 2.83. The Bertz CT molecular complexity index is 511. The highest BCUT2D eigenvalue weighted by Crippen LogP contribution is 2.07. The highest BCUT2D eigenvalue weighted by atomic mass is 19.1. The summed E-state index contributed by atoms with van der Waals surface area (Å²) in [5, 5.41) is 7.32. The van der Waals surface area contributed by atoms with Gasteiger partial charge in [-0.1, -0.05) is 12.1 Å². The standard InChI is InChI=1S/C14H17F2N3/c15-7-10-19-9-6-14(18-19)17-8-2-4-12-3-1-5-13(16)11-12/h1,3,5-6,9,11H,2,4,7-8,10H2,(H,17,18). The molecular weight excluding hydrogens is 248 g/mol. The second-order valence-electron chi connectivity index (χ2n) is 4.31. The smallest absolute Gasteiger partial charge is 0.147 e. The quantitative estimate of drug-likeness (QED) is 0.780. The maximum absolute atomic E-state index is 13.0. The van der Waals surface area contributed by atoms with Gasteiger partial charge in [0.2, 0.25) is 0 Å². The molecule has 19 heavy (non-hydrogen) atoms. The molecule has 0 spiro atoms. The SMILES string of the molecule is FCCn1ccc(NCCCc2cccc(F)c2)n1. The van der Waals surface area contributed by atoms with Crippen molar-refractivity contribution in [1.82, 2.24) is 9.78 Å². The fourth-order valence-electron chi connectivity index (χ4n) is 1.87. The third-order valence-corrected chi connectivity index (χ3v) is 2.79. The summed E-state index contributed by atoms with van der Waals surface area (Å²) in [5.74, 6) is 0.545. The number of benzene rings is 1. The molecule has 0 radical (unpaired) electrons. The van der Waals surface area contributed by atoms with E-state index in [4.69, 9.17) is 0 Å². The lowest BCUT2D eigenvalue weighted by Gasteiger charge is -2.03. The maximum atomic E-state index is 13.0. The van der Waals surface area contributed by atoms with E-state index in [-0.39, 0.29) is 12.4 Å². The van der Waals surface area contributed by atoms with Gasteiger partial charge in [-0.25, -0.2) is 8.78 Å². The molecule has 1 aromatic carbocycles. The van der Waals surface area contributed by atoms with Crippen LogP contribution in [-0.2, 0) is 13.0 Å². The number of aromatic nitrogens is 2. The van der Waals surface area contributed by atoms with Gasteiger partial charge in [-0.05, 0) is 30.5 Å². The van der Waals surface area contributed by atoms with Crippen molar-refractivity contribution >= 4 is 5.82 Å². The molecule has 0 saturated carbocycles. The molecule has 0 saturated heterocycles. The van der Waals surface area contributed by atoms with E-state index < -0.39 is 6.67 Å². The summed E-state index contributed by atoms with van der Waals surface area (Å²) < 4.78 is 26.6. The van der Waals surface area contributed by atoms with E-state index in [2.05, 4.69) is 10.4 Å². The highest BCUT2D eigenvalue weighted by Gasteiger charge is 1.99. The minimum absolute atomic E-state index is 0.199. The van der Waals surface area contributed by atoms with Crippen molar-refractivity contribution in [1.29, 1.82) is 0 Å². The highest BCUT2D eigenvalue weighted by molar-refractivity contribution is 5.31. The Morgan fingerprint density at radius 1 is 1.26 bits per heavy atom. The lowest BCUT2D eigenvalue weighted by molar-refractivity contribution is 0.427. The van der Waals surface area contributed by atoms with Crippen LogP contribution in [0.15, 0.2) is 36.5 Å². The minimum atomic E-state index is -0.416. The zero-order chi connectivity index (χ0) is 13.5. The van der Waals surface area contributed by atoms with E-state index in [0.29, 0.717) is 0 Å². The van der Waals surface area contributed by atoms with Crippen molar-refractivity contribution in [2.75, 3.05) is 18.5 Å². The molecule has 1 heterocycles. The number of rotatable bonds is 7. The third kappa shape index (κ3) is 4.35. The van der Waals surface area contributed by atoms with Gasteiger partial charge in [0.05, 0.1) is 6.54 Å². The van der Waals surface area contributed by atoms with Crippen LogP contribution in [0.4, 0.5) is 14.6 Å². The van der Waals surface area contributed by atoms with Crippen LogP contribution in [0, 0.1) is 5.82 Å². The first-order valence-corrected chi connectivity index (χ1v) is 6.35. The molecule has 0 amide bonds. The summed E-state index contributed by atoms with van der Waals surface area (Å²) in [7, 11) is 0. The lowest BCUT2D eigenvalue weighted by Crippen LogP contribution is -2.05. The van der Waals surface area contributed by atoms with E-state index in [9.17, 15) is 8.78 Å². The van der Waals surface area contributed by atoms with Crippen molar-refractivity contribution < 1.29 is 8.78 Å². The van der Waals surface area contributed by atoms with E-state index in [0.717, 1.165) is 30.8 Å². The number of hydrogen-bond donors (Lipinski definition) is 1. The normalized spacial score (nSPS) is 10.6. The van der Waals surface area contributed by atoms with Crippen LogP contribution in [0.2, 0.25) is 0 Å². The van der Waals surface area contributed by atoms with Gasteiger partial charge in [0.25, 0.3) is 0 Å². The Morgan fingerprint density at radius 2 is 2.16 bits per heavy atom. The lowest BCUT2D eigenvalue weighted by atomic mass is 10.1. The first kappa shape index (κ1) is 13.5.